The second-order valence-electron chi connectivity index (χ2n) is 4.62. The summed E-state index contributed by atoms with van der Waals surface area (Å²) in [5.41, 5.74) is 3.42. The first-order valence-electron chi connectivity index (χ1n) is 6.51. The van der Waals surface area contributed by atoms with Gasteiger partial charge in [0.25, 0.3) is 0 Å². The summed E-state index contributed by atoms with van der Waals surface area (Å²) in [4.78, 5) is 10.9. The number of aromatic nitrogens is 2. The maximum absolute atomic E-state index is 4.42. The van der Waals surface area contributed by atoms with Crippen LogP contribution in [0.15, 0.2) is 36.7 Å². The second kappa shape index (κ2) is 6.18. The van der Waals surface area contributed by atoms with E-state index < -0.39 is 0 Å². The fourth-order valence-electron chi connectivity index (χ4n) is 1.91. The van der Waals surface area contributed by atoms with Gasteiger partial charge in [-0.1, -0.05) is 12.1 Å². The minimum atomic E-state index is 0.753. The lowest BCUT2D eigenvalue weighted by molar-refractivity contribution is 0.872. The van der Waals surface area contributed by atoms with Crippen LogP contribution in [0.25, 0.3) is 0 Å². The molecule has 2 aromatic rings. The van der Waals surface area contributed by atoms with Gasteiger partial charge in [-0.2, -0.15) is 0 Å². The molecule has 4 heteroatoms. The standard InChI is InChI=1S/C15H20N4/c1-4-16-15-10-17-13(9-18-15)11-19(3)14-7-5-6-12(2)8-14/h5-10H,4,11H2,1-3H3,(H,16,18). The molecule has 0 aliphatic rings. The highest BCUT2D eigenvalue weighted by Gasteiger charge is 2.04. The molecule has 0 aliphatic heterocycles. The predicted octanol–water partition coefficient (Wildman–Crippen LogP) is 2.85. The van der Waals surface area contributed by atoms with Gasteiger partial charge in [0.05, 0.1) is 24.6 Å². The molecular formula is C15H20N4. The van der Waals surface area contributed by atoms with Gasteiger partial charge in [-0.3, -0.25) is 4.98 Å². The molecule has 0 fully saturated rings. The Morgan fingerprint density at radius 2 is 2.05 bits per heavy atom. The average Bonchev–Trinajstić information content (AvgIpc) is 2.41. The fraction of sp³-hybridized carbons (Fsp3) is 0.333. The minimum Gasteiger partial charge on any atom is -0.369 e. The number of hydrogen-bond acceptors (Lipinski definition) is 4. The van der Waals surface area contributed by atoms with E-state index in [4.69, 9.17) is 0 Å². The highest BCUT2D eigenvalue weighted by atomic mass is 15.1. The van der Waals surface area contributed by atoms with Crippen LogP contribution in [0.4, 0.5) is 11.5 Å². The van der Waals surface area contributed by atoms with E-state index in [0.29, 0.717) is 0 Å². The molecule has 1 heterocycles. The van der Waals surface area contributed by atoms with Crippen molar-refractivity contribution in [2.75, 3.05) is 23.8 Å². The van der Waals surface area contributed by atoms with Crippen LogP contribution in [0.3, 0.4) is 0 Å². The Balaban J connectivity index is 2.04. The van der Waals surface area contributed by atoms with Gasteiger partial charge in [-0.05, 0) is 31.5 Å². The van der Waals surface area contributed by atoms with Crippen molar-refractivity contribution in [3.8, 4) is 0 Å². The first-order chi connectivity index (χ1) is 9.19. The van der Waals surface area contributed by atoms with Crippen molar-refractivity contribution in [1.82, 2.24) is 9.97 Å². The van der Waals surface area contributed by atoms with Crippen LogP contribution in [0, 0.1) is 6.92 Å². The Hall–Kier alpha value is -2.10. The molecule has 1 N–H and O–H groups in total. The summed E-state index contributed by atoms with van der Waals surface area (Å²) in [5, 5.41) is 3.14. The molecule has 100 valence electrons. The molecule has 0 amide bonds. The topological polar surface area (TPSA) is 41.1 Å². The number of aryl methyl sites for hydroxylation is 1. The van der Waals surface area contributed by atoms with E-state index in [9.17, 15) is 0 Å². The minimum absolute atomic E-state index is 0.753. The van der Waals surface area contributed by atoms with Crippen LogP contribution in [0.2, 0.25) is 0 Å². The third-order valence-electron chi connectivity index (χ3n) is 2.90. The largest absolute Gasteiger partial charge is 0.369 e. The Labute approximate surface area is 114 Å². The van der Waals surface area contributed by atoms with Gasteiger partial charge in [0.2, 0.25) is 0 Å². The molecule has 0 atom stereocenters. The molecule has 0 aliphatic carbocycles. The summed E-state index contributed by atoms with van der Waals surface area (Å²) in [6.07, 6.45) is 3.60. The average molecular weight is 256 g/mol. The Morgan fingerprint density at radius 1 is 1.21 bits per heavy atom. The molecule has 1 aromatic carbocycles. The van der Waals surface area contributed by atoms with Crippen molar-refractivity contribution >= 4 is 11.5 Å². The number of anilines is 2. The summed E-state index contributed by atoms with van der Waals surface area (Å²) < 4.78 is 0. The maximum Gasteiger partial charge on any atom is 0.144 e. The van der Waals surface area contributed by atoms with Gasteiger partial charge in [0.15, 0.2) is 0 Å². The zero-order chi connectivity index (χ0) is 13.7. The number of hydrogen-bond donors (Lipinski definition) is 1. The molecule has 0 spiro atoms. The van der Waals surface area contributed by atoms with E-state index in [0.717, 1.165) is 24.6 Å². The molecule has 1 aromatic heterocycles. The second-order valence-corrected chi connectivity index (χ2v) is 4.62. The Kier molecular flexibility index (Phi) is 4.34. The van der Waals surface area contributed by atoms with E-state index in [1.165, 1.54) is 11.3 Å². The lowest BCUT2D eigenvalue weighted by Gasteiger charge is -2.19. The summed E-state index contributed by atoms with van der Waals surface area (Å²) in [6.45, 7) is 5.75. The zero-order valence-corrected chi connectivity index (χ0v) is 11.7. The van der Waals surface area contributed by atoms with Crippen molar-refractivity contribution in [2.45, 2.75) is 20.4 Å². The lowest BCUT2D eigenvalue weighted by Crippen LogP contribution is -2.17. The van der Waals surface area contributed by atoms with Gasteiger partial charge in [0.1, 0.15) is 5.82 Å². The Bertz CT molecular complexity index is 522. The molecule has 2 rings (SSSR count). The van der Waals surface area contributed by atoms with Crippen LogP contribution in [-0.4, -0.2) is 23.6 Å². The summed E-state index contributed by atoms with van der Waals surface area (Å²) in [7, 11) is 2.06. The van der Waals surface area contributed by atoms with Gasteiger partial charge < -0.3 is 10.2 Å². The number of rotatable bonds is 5. The van der Waals surface area contributed by atoms with Crippen LogP contribution in [0.5, 0.6) is 0 Å². The van der Waals surface area contributed by atoms with Crippen molar-refractivity contribution in [3.05, 3.63) is 47.9 Å². The molecule has 19 heavy (non-hydrogen) atoms. The van der Waals surface area contributed by atoms with E-state index in [1.807, 2.05) is 13.1 Å². The summed E-state index contributed by atoms with van der Waals surface area (Å²) in [6, 6.07) is 8.44. The molecule has 0 bridgehead atoms. The first kappa shape index (κ1) is 13.3. The SMILES string of the molecule is CCNc1cnc(CN(C)c2cccc(C)c2)cn1. The van der Waals surface area contributed by atoms with E-state index in [2.05, 4.69) is 58.4 Å². The highest BCUT2D eigenvalue weighted by molar-refractivity contribution is 5.47. The maximum atomic E-state index is 4.42. The molecule has 0 saturated heterocycles. The summed E-state index contributed by atoms with van der Waals surface area (Å²) in [5.74, 6) is 0.824. The van der Waals surface area contributed by atoms with E-state index in [1.54, 1.807) is 6.20 Å². The smallest absolute Gasteiger partial charge is 0.144 e. The quantitative estimate of drug-likeness (QED) is 0.893. The number of benzene rings is 1. The predicted molar refractivity (Wildman–Crippen MR) is 79.5 cm³/mol. The van der Waals surface area contributed by atoms with Crippen molar-refractivity contribution in [3.63, 3.8) is 0 Å². The molecule has 4 nitrogen and oxygen atoms in total. The first-order valence-corrected chi connectivity index (χ1v) is 6.51. The van der Waals surface area contributed by atoms with Crippen molar-refractivity contribution in [1.29, 1.82) is 0 Å². The number of nitrogens with zero attached hydrogens (tertiary/aromatic N) is 3. The normalized spacial score (nSPS) is 10.3. The van der Waals surface area contributed by atoms with Crippen molar-refractivity contribution < 1.29 is 0 Å². The lowest BCUT2D eigenvalue weighted by atomic mass is 10.2. The molecular weight excluding hydrogens is 236 g/mol. The van der Waals surface area contributed by atoms with E-state index in [-0.39, 0.29) is 0 Å². The third kappa shape index (κ3) is 3.68. The van der Waals surface area contributed by atoms with Crippen LogP contribution in [-0.2, 0) is 6.54 Å². The molecule has 0 radical (unpaired) electrons. The van der Waals surface area contributed by atoms with Gasteiger partial charge in [-0.25, -0.2) is 4.98 Å². The van der Waals surface area contributed by atoms with Gasteiger partial charge >= 0.3 is 0 Å². The fourth-order valence-corrected chi connectivity index (χ4v) is 1.91. The molecule has 0 saturated carbocycles. The Morgan fingerprint density at radius 3 is 2.68 bits per heavy atom. The van der Waals surface area contributed by atoms with Crippen LogP contribution >= 0.6 is 0 Å². The van der Waals surface area contributed by atoms with Gasteiger partial charge in [-0.15, -0.1) is 0 Å². The monoisotopic (exact) mass is 256 g/mol. The van der Waals surface area contributed by atoms with Crippen LogP contribution < -0.4 is 10.2 Å². The molecule has 0 unspecified atom stereocenters. The van der Waals surface area contributed by atoms with Gasteiger partial charge in [0, 0.05) is 19.3 Å². The van der Waals surface area contributed by atoms with Crippen LogP contribution in [0.1, 0.15) is 18.2 Å². The third-order valence-corrected chi connectivity index (χ3v) is 2.90. The zero-order valence-electron chi connectivity index (χ0n) is 11.7. The number of nitrogens with one attached hydrogen (secondary N) is 1. The summed E-state index contributed by atoms with van der Waals surface area (Å²) >= 11 is 0. The van der Waals surface area contributed by atoms with E-state index >= 15 is 0 Å². The highest BCUT2D eigenvalue weighted by Crippen LogP contribution is 2.16. The van der Waals surface area contributed by atoms with Crippen molar-refractivity contribution in [2.24, 2.45) is 0 Å².